The number of nitrogens with zero attached hydrogens (tertiary/aromatic N) is 4. The summed E-state index contributed by atoms with van der Waals surface area (Å²) in [6, 6.07) is 2.00. The number of fused-ring (bicyclic) bond motifs is 1. The third-order valence-corrected chi connectivity index (χ3v) is 4.11. The molecule has 3 atom stereocenters. The molecule has 1 aliphatic carbocycles. The van der Waals surface area contributed by atoms with Crippen molar-refractivity contribution in [2.24, 2.45) is 5.92 Å². The van der Waals surface area contributed by atoms with E-state index in [0.717, 1.165) is 30.4 Å². The molecule has 6 heteroatoms. The minimum absolute atomic E-state index is 0.0757. The van der Waals surface area contributed by atoms with Crippen molar-refractivity contribution < 1.29 is 5.11 Å². The summed E-state index contributed by atoms with van der Waals surface area (Å²) in [6.07, 6.45) is 4.91. The lowest BCUT2D eigenvalue weighted by molar-refractivity contribution is 0.135. The Kier molecular flexibility index (Phi) is 3.35. The summed E-state index contributed by atoms with van der Waals surface area (Å²) in [6.45, 7) is 1.00. The molecule has 3 rings (SSSR count). The number of nitrogen functional groups attached to an aromatic ring is 1. The number of nitrogens with two attached hydrogens (primary N) is 1. The van der Waals surface area contributed by atoms with E-state index in [4.69, 9.17) is 5.73 Å². The summed E-state index contributed by atoms with van der Waals surface area (Å²) in [5.41, 5.74) is 6.67. The molecule has 0 aliphatic heterocycles. The molecule has 1 aliphatic rings. The summed E-state index contributed by atoms with van der Waals surface area (Å²) < 4.78 is 2.05. The zero-order valence-corrected chi connectivity index (χ0v) is 11.9. The topological polar surface area (TPSA) is 80.2 Å². The van der Waals surface area contributed by atoms with Crippen LogP contribution in [0.3, 0.4) is 0 Å². The Labute approximate surface area is 118 Å². The largest absolute Gasteiger partial charge is 0.391 e. The van der Waals surface area contributed by atoms with Crippen molar-refractivity contribution in [3.05, 3.63) is 18.6 Å². The van der Waals surface area contributed by atoms with Crippen LogP contribution in [0.1, 0.15) is 18.9 Å². The molecule has 0 saturated heterocycles. The summed E-state index contributed by atoms with van der Waals surface area (Å²) in [4.78, 5) is 10.5. The van der Waals surface area contributed by atoms with E-state index in [2.05, 4.69) is 29.0 Å². The Morgan fingerprint density at radius 3 is 2.95 bits per heavy atom. The van der Waals surface area contributed by atoms with E-state index >= 15 is 0 Å². The van der Waals surface area contributed by atoms with Gasteiger partial charge in [-0.05, 0) is 38.9 Å². The second-order valence-electron chi connectivity index (χ2n) is 5.95. The molecule has 108 valence electrons. The Balaban J connectivity index is 1.90. The standard InChI is InChI=1S/C14H21N5O/c1-18(2)7-9-5-11(12(20)6-9)19-4-3-10-13(15)16-8-17-14(10)19/h3-4,8-9,11-12,20H,5-7H2,1-2H3,(H2,15,16,17)/t9?,11?,12-/m1/s1. The third kappa shape index (κ3) is 2.25. The van der Waals surface area contributed by atoms with E-state index in [9.17, 15) is 5.11 Å². The molecule has 0 spiro atoms. The van der Waals surface area contributed by atoms with Crippen LogP contribution in [-0.2, 0) is 0 Å². The first-order valence-electron chi connectivity index (χ1n) is 6.96. The van der Waals surface area contributed by atoms with Gasteiger partial charge in [0.1, 0.15) is 17.8 Å². The molecular weight excluding hydrogens is 254 g/mol. The van der Waals surface area contributed by atoms with Crippen LogP contribution in [0.4, 0.5) is 5.82 Å². The van der Waals surface area contributed by atoms with Gasteiger partial charge in [-0.3, -0.25) is 0 Å². The van der Waals surface area contributed by atoms with Gasteiger partial charge in [-0.25, -0.2) is 9.97 Å². The molecular formula is C14H21N5O. The van der Waals surface area contributed by atoms with Gasteiger partial charge >= 0.3 is 0 Å². The van der Waals surface area contributed by atoms with Gasteiger partial charge in [0.15, 0.2) is 0 Å². The molecule has 6 nitrogen and oxygen atoms in total. The van der Waals surface area contributed by atoms with Gasteiger partial charge in [-0.1, -0.05) is 0 Å². The Bertz CT molecular complexity index is 609. The molecule has 0 radical (unpaired) electrons. The number of aliphatic hydroxyl groups excluding tert-OH is 1. The molecule has 0 bridgehead atoms. The quantitative estimate of drug-likeness (QED) is 0.869. The first-order chi connectivity index (χ1) is 9.56. The van der Waals surface area contributed by atoms with Gasteiger partial charge in [0.05, 0.1) is 17.5 Å². The number of hydrogen-bond acceptors (Lipinski definition) is 5. The van der Waals surface area contributed by atoms with Crippen LogP contribution in [0.5, 0.6) is 0 Å². The molecule has 2 aromatic rings. The van der Waals surface area contributed by atoms with Gasteiger partial charge in [0, 0.05) is 12.7 Å². The van der Waals surface area contributed by atoms with E-state index in [1.54, 1.807) is 0 Å². The number of aromatic nitrogens is 3. The lowest BCUT2D eigenvalue weighted by Gasteiger charge is -2.18. The monoisotopic (exact) mass is 275 g/mol. The fourth-order valence-electron chi connectivity index (χ4n) is 3.32. The fraction of sp³-hybridized carbons (Fsp3) is 0.571. The normalized spacial score (nSPS) is 26.7. The molecule has 1 saturated carbocycles. The molecule has 2 aromatic heterocycles. The highest BCUT2D eigenvalue weighted by atomic mass is 16.3. The maximum absolute atomic E-state index is 10.4. The zero-order valence-electron chi connectivity index (χ0n) is 11.9. The molecule has 3 N–H and O–H groups in total. The van der Waals surface area contributed by atoms with E-state index in [0.29, 0.717) is 11.7 Å². The fourth-order valence-corrected chi connectivity index (χ4v) is 3.32. The number of aliphatic hydroxyl groups is 1. The van der Waals surface area contributed by atoms with Gasteiger partial charge in [0.25, 0.3) is 0 Å². The van der Waals surface area contributed by atoms with E-state index in [1.807, 2.05) is 16.8 Å². The summed E-state index contributed by atoms with van der Waals surface area (Å²) in [5.74, 6) is 1.01. The van der Waals surface area contributed by atoms with Crippen molar-refractivity contribution in [2.75, 3.05) is 26.4 Å². The SMILES string of the molecule is CN(C)CC1CC(n2ccc3c(N)ncnc32)[C@H](O)C1. The van der Waals surface area contributed by atoms with E-state index in [-0.39, 0.29) is 12.1 Å². The summed E-state index contributed by atoms with van der Waals surface area (Å²) in [5, 5.41) is 11.2. The predicted molar refractivity (Wildman–Crippen MR) is 78.3 cm³/mol. The highest BCUT2D eigenvalue weighted by Gasteiger charge is 2.35. The Morgan fingerprint density at radius 1 is 1.40 bits per heavy atom. The van der Waals surface area contributed by atoms with Gasteiger partial charge in [-0.2, -0.15) is 0 Å². The van der Waals surface area contributed by atoms with Crippen LogP contribution in [-0.4, -0.2) is 51.3 Å². The lowest BCUT2D eigenvalue weighted by Crippen LogP contribution is -2.20. The first-order valence-corrected chi connectivity index (χ1v) is 6.96. The maximum atomic E-state index is 10.4. The molecule has 0 amide bonds. The first kappa shape index (κ1) is 13.3. The molecule has 20 heavy (non-hydrogen) atoms. The van der Waals surface area contributed by atoms with E-state index in [1.165, 1.54) is 6.33 Å². The van der Waals surface area contributed by atoms with Crippen molar-refractivity contribution in [1.29, 1.82) is 0 Å². The van der Waals surface area contributed by atoms with Gasteiger partial charge in [0.2, 0.25) is 0 Å². The van der Waals surface area contributed by atoms with Crippen molar-refractivity contribution in [3.63, 3.8) is 0 Å². The minimum Gasteiger partial charge on any atom is -0.391 e. The highest BCUT2D eigenvalue weighted by Crippen LogP contribution is 2.37. The number of rotatable bonds is 3. The molecule has 0 aromatic carbocycles. The van der Waals surface area contributed by atoms with Crippen molar-refractivity contribution in [1.82, 2.24) is 19.4 Å². The Morgan fingerprint density at radius 2 is 2.20 bits per heavy atom. The summed E-state index contributed by atoms with van der Waals surface area (Å²) in [7, 11) is 4.14. The Hall–Kier alpha value is -1.66. The van der Waals surface area contributed by atoms with E-state index < -0.39 is 0 Å². The second kappa shape index (κ2) is 5.03. The average molecular weight is 275 g/mol. The van der Waals surface area contributed by atoms with Crippen LogP contribution in [0.25, 0.3) is 11.0 Å². The minimum atomic E-state index is -0.327. The van der Waals surface area contributed by atoms with Crippen molar-refractivity contribution in [3.8, 4) is 0 Å². The molecule has 2 heterocycles. The number of anilines is 1. The highest BCUT2D eigenvalue weighted by molar-refractivity contribution is 5.86. The molecule has 1 fully saturated rings. The predicted octanol–water partition coefficient (Wildman–Crippen LogP) is 0.887. The van der Waals surface area contributed by atoms with Crippen LogP contribution in [0.2, 0.25) is 0 Å². The lowest BCUT2D eigenvalue weighted by atomic mass is 10.1. The smallest absolute Gasteiger partial charge is 0.145 e. The summed E-state index contributed by atoms with van der Waals surface area (Å²) >= 11 is 0. The maximum Gasteiger partial charge on any atom is 0.145 e. The van der Waals surface area contributed by atoms with Gasteiger partial charge in [-0.15, -0.1) is 0 Å². The third-order valence-electron chi connectivity index (χ3n) is 4.11. The van der Waals surface area contributed by atoms with Crippen LogP contribution in [0, 0.1) is 5.92 Å². The van der Waals surface area contributed by atoms with Gasteiger partial charge < -0.3 is 20.3 Å². The van der Waals surface area contributed by atoms with Crippen molar-refractivity contribution in [2.45, 2.75) is 25.0 Å². The second-order valence-corrected chi connectivity index (χ2v) is 5.95. The van der Waals surface area contributed by atoms with Crippen LogP contribution < -0.4 is 5.73 Å². The zero-order chi connectivity index (χ0) is 14.3. The molecule has 2 unspecified atom stereocenters. The van der Waals surface area contributed by atoms with Crippen LogP contribution in [0.15, 0.2) is 18.6 Å². The average Bonchev–Trinajstić information content (AvgIpc) is 2.93. The number of hydrogen-bond donors (Lipinski definition) is 2. The van der Waals surface area contributed by atoms with Crippen molar-refractivity contribution >= 4 is 16.9 Å². The van der Waals surface area contributed by atoms with Crippen LogP contribution >= 0.6 is 0 Å².